The number of hydrogen-bond donors (Lipinski definition) is 2. The molecule has 2 N–H and O–H groups in total. The van der Waals surface area contributed by atoms with E-state index in [1.54, 1.807) is 14.2 Å². The molecule has 1 fully saturated rings. The van der Waals surface area contributed by atoms with Gasteiger partial charge < -0.3 is 25.0 Å². The predicted octanol–water partition coefficient (Wildman–Crippen LogP) is 2.11. The van der Waals surface area contributed by atoms with Gasteiger partial charge in [0.1, 0.15) is 18.1 Å². The van der Waals surface area contributed by atoms with Crippen molar-refractivity contribution < 1.29 is 9.47 Å². The van der Waals surface area contributed by atoms with Crippen molar-refractivity contribution >= 4 is 5.96 Å². The molecule has 0 amide bonds. The molecule has 25 heavy (non-hydrogen) atoms. The van der Waals surface area contributed by atoms with Crippen LogP contribution in [0.15, 0.2) is 29.3 Å². The summed E-state index contributed by atoms with van der Waals surface area (Å²) in [6.45, 7) is 6.04. The number of nitrogens with one attached hydrogen (secondary N) is 2. The number of unbranched alkanes of at least 4 members (excludes halogenated alkanes) is 1. The van der Waals surface area contributed by atoms with Gasteiger partial charge in [-0.25, -0.2) is 0 Å². The lowest BCUT2D eigenvalue weighted by molar-refractivity contribution is 0.320. The topological polar surface area (TPSA) is 58.1 Å². The van der Waals surface area contributed by atoms with Gasteiger partial charge in [-0.2, -0.15) is 0 Å². The van der Waals surface area contributed by atoms with E-state index < -0.39 is 0 Å². The number of ether oxygens (including phenoxy) is 2. The summed E-state index contributed by atoms with van der Waals surface area (Å²) in [5, 5.41) is 6.63. The molecule has 1 aromatic rings. The van der Waals surface area contributed by atoms with Gasteiger partial charge in [-0.3, -0.25) is 4.99 Å². The summed E-state index contributed by atoms with van der Waals surface area (Å²) in [7, 11) is 3.45. The van der Waals surface area contributed by atoms with Crippen molar-refractivity contribution in [1.29, 1.82) is 0 Å². The van der Waals surface area contributed by atoms with Crippen LogP contribution in [0.25, 0.3) is 0 Å². The maximum Gasteiger partial charge on any atom is 0.191 e. The van der Waals surface area contributed by atoms with E-state index in [2.05, 4.69) is 20.5 Å². The molecule has 140 valence electrons. The van der Waals surface area contributed by atoms with Crippen LogP contribution in [0.4, 0.5) is 0 Å². The monoisotopic (exact) mass is 348 g/mol. The molecule has 1 aromatic carbocycles. The molecule has 0 unspecified atom stereocenters. The zero-order chi connectivity index (χ0) is 17.7. The summed E-state index contributed by atoms with van der Waals surface area (Å²) in [6.07, 6.45) is 5.14. The minimum atomic E-state index is 0.585. The average molecular weight is 348 g/mol. The van der Waals surface area contributed by atoms with Crippen LogP contribution in [0, 0.1) is 0 Å². The fraction of sp³-hybridized carbons (Fsp3) is 0.632. The van der Waals surface area contributed by atoms with E-state index in [4.69, 9.17) is 9.47 Å². The molecule has 1 heterocycles. The van der Waals surface area contributed by atoms with E-state index >= 15 is 0 Å². The Balaban J connectivity index is 1.50. The van der Waals surface area contributed by atoms with E-state index in [9.17, 15) is 0 Å². The molecule has 2 rings (SSSR count). The largest absolute Gasteiger partial charge is 0.497 e. The highest BCUT2D eigenvalue weighted by Gasteiger charge is 2.09. The van der Waals surface area contributed by atoms with E-state index in [1.807, 2.05) is 24.3 Å². The van der Waals surface area contributed by atoms with Crippen molar-refractivity contribution in [2.24, 2.45) is 4.99 Å². The third kappa shape index (κ3) is 7.65. The Hall–Kier alpha value is -1.95. The molecule has 0 atom stereocenters. The molecular weight excluding hydrogens is 316 g/mol. The molecule has 0 saturated carbocycles. The number of aliphatic imine (C=N–C) groups is 1. The molecular formula is C19H32N4O2. The average Bonchev–Trinajstić information content (AvgIpc) is 3.17. The van der Waals surface area contributed by atoms with Crippen LogP contribution in [0.2, 0.25) is 0 Å². The minimum Gasteiger partial charge on any atom is -0.497 e. The van der Waals surface area contributed by atoms with Crippen molar-refractivity contribution in [2.75, 3.05) is 53.5 Å². The number of likely N-dealkylation sites (tertiary alicyclic amines) is 1. The Morgan fingerprint density at radius 3 is 2.40 bits per heavy atom. The van der Waals surface area contributed by atoms with Crippen molar-refractivity contribution in [3.05, 3.63) is 24.3 Å². The summed E-state index contributed by atoms with van der Waals surface area (Å²) >= 11 is 0. The lowest BCUT2D eigenvalue weighted by atomic mass is 10.3. The number of guanidine groups is 1. The highest BCUT2D eigenvalue weighted by Crippen LogP contribution is 2.16. The van der Waals surface area contributed by atoms with Gasteiger partial charge in [0.2, 0.25) is 0 Å². The normalized spacial score (nSPS) is 15.2. The first-order valence-electron chi connectivity index (χ1n) is 9.25. The van der Waals surface area contributed by atoms with E-state index in [0.717, 1.165) is 24.0 Å². The van der Waals surface area contributed by atoms with Crippen molar-refractivity contribution in [2.45, 2.75) is 25.7 Å². The Morgan fingerprint density at radius 2 is 1.72 bits per heavy atom. The van der Waals surface area contributed by atoms with Crippen LogP contribution in [-0.4, -0.2) is 64.3 Å². The standard InChI is InChI=1S/C19H32N4O2/c1-20-19(21-11-3-4-13-23-14-5-6-15-23)22-12-16-25-18-9-7-17(24-2)8-10-18/h7-10H,3-6,11-16H2,1-2H3,(H2,20,21,22). The van der Waals surface area contributed by atoms with Crippen LogP contribution in [0.5, 0.6) is 11.5 Å². The summed E-state index contributed by atoms with van der Waals surface area (Å²) in [6, 6.07) is 7.61. The quantitative estimate of drug-likeness (QED) is 0.385. The maximum absolute atomic E-state index is 5.69. The third-order valence-corrected chi connectivity index (χ3v) is 4.34. The predicted molar refractivity (Wildman–Crippen MR) is 103 cm³/mol. The van der Waals surface area contributed by atoms with E-state index in [-0.39, 0.29) is 0 Å². The highest BCUT2D eigenvalue weighted by molar-refractivity contribution is 5.79. The van der Waals surface area contributed by atoms with Crippen molar-refractivity contribution in [1.82, 2.24) is 15.5 Å². The van der Waals surface area contributed by atoms with Crippen molar-refractivity contribution in [3.63, 3.8) is 0 Å². The Bertz CT molecular complexity index is 499. The Labute approximate surface area is 151 Å². The van der Waals surface area contributed by atoms with Gasteiger partial charge in [-0.15, -0.1) is 0 Å². The molecule has 6 nitrogen and oxygen atoms in total. The van der Waals surface area contributed by atoms with E-state index in [0.29, 0.717) is 13.2 Å². The fourth-order valence-electron chi connectivity index (χ4n) is 2.90. The second-order valence-corrected chi connectivity index (χ2v) is 6.21. The number of nitrogens with zero attached hydrogens (tertiary/aromatic N) is 2. The molecule has 0 spiro atoms. The maximum atomic E-state index is 5.69. The molecule has 1 saturated heterocycles. The first-order valence-corrected chi connectivity index (χ1v) is 9.25. The van der Waals surface area contributed by atoms with Gasteiger partial charge in [-0.1, -0.05) is 0 Å². The molecule has 0 radical (unpaired) electrons. The summed E-state index contributed by atoms with van der Waals surface area (Å²) in [5.74, 6) is 2.51. The number of rotatable bonds is 10. The van der Waals surface area contributed by atoms with Gasteiger partial charge in [0, 0.05) is 13.6 Å². The Kier molecular flexibility index (Phi) is 8.97. The molecule has 6 heteroatoms. The second-order valence-electron chi connectivity index (χ2n) is 6.21. The van der Waals surface area contributed by atoms with E-state index in [1.165, 1.54) is 45.3 Å². The molecule has 0 aromatic heterocycles. The van der Waals surface area contributed by atoms with Crippen LogP contribution < -0.4 is 20.1 Å². The highest BCUT2D eigenvalue weighted by atomic mass is 16.5. The van der Waals surface area contributed by atoms with Gasteiger partial charge >= 0.3 is 0 Å². The lowest BCUT2D eigenvalue weighted by Gasteiger charge is -2.15. The van der Waals surface area contributed by atoms with Crippen LogP contribution in [-0.2, 0) is 0 Å². The first-order chi connectivity index (χ1) is 12.3. The van der Waals surface area contributed by atoms with Crippen LogP contribution in [0.1, 0.15) is 25.7 Å². The zero-order valence-electron chi connectivity index (χ0n) is 15.6. The Morgan fingerprint density at radius 1 is 1.04 bits per heavy atom. The van der Waals surface area contributed by atoms with Gasteiger partial charge in [-0.05, 0) is 69.6 Å². The zero-order valence-corrected chi connectivity index (χ0v) is 15.6. The molecule has 0 bridgehead atoms. The first kappa shape index (κ1) is 19.4. The summed E-state index contributed by atoms with van der Waals surface area (Å²) < 4.78 is 10.8. The molecule has 1 aliphatic heterocycles. The molecule has 0 aliphatic carbocycles. The van der Waals surface area contributed by atoms with Crippen molar-refractivity contribution in [3.8, 4) is 11.5 Å². The fourth-order valence-corrected chi connectivity index (χ4v) is 2.90. The third-order valence-electron chi connectivity index (χ3n) is 4.34. The number of benzene rings is 1. The van der Waals surface area contributed by atoms with Gasteiger partial charge in [0.25, 0.3) is 0 Å². The van der Waals surface area contributed by atoms with Gasteiger partial charge in [0.05, 0.1) is 13.7 Å². The lowest BCUT2D eigenvalue weighted by Crippen LogP contribution is -2.39. The smallest absolute Gasteiger partial charge is 0.191 e. The summed E-state index contributed by atoms with van der Waals surface area (Å²) in [4.78, 5) is 6.80. The minimum absolute atomic E-state index is 0.585. The molecule has 1 aliphatic rings. The number of hydrogen-bond acceptors (Lipinski definition) is 4. The van der Waals surface area contributed by atoms with Gasteiger partial charge in [0.15, 0.2) is 5.96 Å². The van der Waals surface area contributed by atoms with Crippen LogP contribution >= 0.6 is 0 Å². The number of methoxy groups -OCH3 is 1. The summed E-state index contributed by atoms with van der Waals surface area (Å²) in [5.41, 5.74) is 0. The van der Waals surface area contributed by atoms with Crippen LogP contribution in [0.3, 0.4) is 0 Å². The second kappa shape index (κ2) is 11.6. The SMILES string of the molecule is CN=C(NCCCCN1CCCC1)NCCOc1ccc(OC)cc1.